The molecule has 1 N–H and O–H groups in total. The summed E-state index contributed by atoms with van der Waals surface area (Å²) in [5.41, 5.74) is 0. The van der Waals surface area contributed by atoms with Gasteiger partial charge in [0, 0.05) is 19.4 Å². The Kier molecular flexibility index (Phi) is 5.56. The molecule has 1 unspecified atom stereocenters. The second kappa shape index (κ2) is 7.41. The second-order valence-electron chi connectivity index (χ2n) is 5.72. The fraction of sp³-hybridized carbons (Fsp3) is 0.625. The molecule has 2 aromatic rings. The van der Waals surface area contributed by atoms with Crippen molar-refractivity contribution in [2.24, 2.45) is 5.92 Å². The van der Waals surface area contributed by atoms with E-state index in [1.54, 1.807) is 6.33 Å². The summed E-state index contributed by atoms with van der Waals surface area (Å²) in [5.74, 6) is 3.56. The van der Waals surface area contributed by atoms with Gasteiger partial charge < -0.3 is 9.73 Å². The first-order valence-corrected chi connectivity index (χ1v) is 7.82. The maximum Gasteiger partial charge on any atom is 0.138 e. The molecule has 0 aliphatic rings. The van der Waals surface area contributed by atoms with E-state index < -0.39 is 0 Å². The number of hydrogen-bond donors (Lipinski definition) is 1. The molecule has 0 radical (unpaired) electrons. The van der Waals surface area contributed by atoms with Gasteiger partial charge in [-0.1, -0.05) is 27.7 Å². The van der Waals surface area contributed by atoms with Crippen LogP contribution in [0, 0.1) is 5.92 Å². The second-order valence-corrected chi connectivity index (χ2v) is 5.72. The summed E-state index contributed by atoms with van der Waals surface area (Å²) in [6.45, 7) is 10.4. The molecule has 2 heterocycles. The molecule has 0 aromatic carbocycles. The fourth-order valence-corrected chi connectivity index (χ4v) is 2.42. The van der Waals surface area contributed by atoms with E-state index in [1.165, 1.54) is 0 Å². The Balaban J connectivity index is 2.14. The Labute approximate surface area is 126 Å². The van der Waals surface area contributed by atoms with Gasteiger partial charge in [0.2, 0.25) is 0 Å². The average molecular weight is 290 g/mol. The van der Waals surface area contributed by atoms with Crippen molar-refractivity contribution >= 4 is 0 Å². The fourth-order valence-electron chi connectivity index (χ4n) is 2.42. The molecule has 0 aliphatic carbocycles. The Hall–Kier alpha value is -1.62. The van der Waals surface area contributed by atoms with Crippen LogP contribution in [0.3, 0.4) is 0 Å². The Morgan fingerprint density at radius 3 is 2.71 bits per heavy atom. The summed E-state index contributed by atoms with van der Waals surface area (Å²) in [7, 11) is 0. The van der Waals surface area contributed by atoms with E-state index in [9.17, 15) is 0 Å². The summed E-state index contributed by atoms with van der Waals surface area (Å²) in [6.07, 6.45) is 3.35. The van der Waals surface area contributed by atoms with E-state index in [-0.39, 0.29) is 6.04 Å². The van der Waals surface area contributed by atoms with Crippen molar-refractivity contribution in [2.45, 2.75) is 53.1 Å². The highest BCUT2D eigenvalue weighted by molar-refractivity contribution is 5.12. The minimum Gasteiger partial charge on any atom is -0.464 e. The third-order valence-corrected chi connectivity index (χ3v) is 3.45. The summed E-state index contributed by atoms with van der Waals surface area (Å²) in [6, 6.07) is 4.26. The summed E-state index contributed by atoms with van der Waals surface area (Å²) < 4.78 is 7.90. The van der Waals surface area contributed by atoms with Crippen LogP contribution in [0.2, 0.25) is 0 Å². The molecule has 5 nitrogen and oxygen atoms in total. The van der Waals surface area contributed by atoms with Gasteiger partial charge in [-0.2, -0.15) is 5.10 Å². The summed E-state index contributed by atoms with van der Waals surface area (Å²) >= 11 is 0. The number of furan rings is 1. The summed E-state index contributed by atoms with van der Waals surface area (Å²) in [5, 5.41) is 7.81. The minimum atomic E-state index is 0.144. The number of nitrogens with one attached hydrogen (secondary N) is 1. The predicted molar refractivity (Wildman–Crippen MR) is 83.1 cm³/mol. The van der Waals surface area contributed by atoms with Crippen LogP contribution in [0.25, 0.3) is 0 Å². The average Bonchev–Trinajstić information content (AvgIpc) is 3.07. The molecule has 116 valence electrons. The van der Waals surface area contributed by atoms with E-state index in [1.807, 2.05) is 4.68 Å². The van der Waals surface area contributed by atoms with Crippen molar-refractivity contribution in [3.05, 3.63) is 35.8 Å². The van der Waals surface area contributed by atoms with Crippen LogP contribution >= 0.6 is 0 Å². The minimum absolute atomic E-state index is 0.144. The molecule has 0 bridgehead atoms. The highest BCUT2D eigenvalue weighted by Gasteiger charge is 2.18. The van der Waals surface area contributed by atoms with Gasteiger partial charge in [-0.05, 0) is 24.6 Å². The van der Waals surface area contributed by atoms with Crippen LogP contribution in [-0.2, 0) is 19.4 Å². The summed E-state index contributed by atoms with van der Waals surface area (Å²) in [4.78, 5) is 4.41. The topological polar surface area (TPSA) is 55.9 Å². The van der Waals surface area contributed by atoms with Gasteiger partial charge >= 0.3 is 0 Å². The molecule has 5 heteroatoms. The van der Waals surface area contributed by atoms with Crippen molar-refractivity contribution in [3.8, 4) is 0 Å². The third kappa shape index (κ3) is 4.17. The van der Waals surface area contributed by atoms with Crippen LogP contribution in [0.5, 0.6) is 0 Å². The number of aromatic nitrogens is 3. The molecule has 1 atom stereocenters. The van der Waals surface area contributed by atoms with E-state index >= 15 is 0 Å². The SMILES string of the molecule is CCNC(Cc1ncnn1CC(C)C)c1ccc(CC)o1. The Morgan fingerprint density at radius 1 is 1.29 bits per heavy atom. The normalized spacial score (nSPS) is 13.0. The quantitative estimate of drug-likeness (QED) is 0.812. The van der Waals surface area contributed by atoms with Crippen LogP contribution in [0.4, 0.5) is 0 Å². The molecule has 2 aromatic heterocycles. The molecule has 0 aliphatic heterocycles. The molecule has 0 spiro atoms. The van der Waals surface area contributed by atoms with Crippen LogP contribution in [0.1, 0.15) is 51.1 Å². The zero-order valence-corrected chi connectivity index (χ0v) is 13.5. The van der Waals surface area contributed by atoms with E-state index in [0.29, 0.717) is 5.92 Å². The maximum atomic E-state index is 5.90. The van der Waals surface area contributed by atoms with Crippen molar-refractivity contribution < 1.29 is 4.42 Å². The molecule has 21 heavy (non-hydrogen) atoms. The van der Waals surface area contributed by atoms with Gasteiger partial charge in [-0.3, -0.25) is 0 Å². The number of aryl methyl sites for hydroxylation is 1. The van der Waals surface area contributed by atoms with Crippen molar-refractivity contribution in [3.63, 3.8) is 0 Å². The van der Waals surface area contributed by atoms with Crippen LogP contribution < -0.4 is 5.32 Å². The predicted octanol–water partition coefficient (Wildman–Crippen LogP) is 2.98. The lowest BCUT2D eigenvalue weighted by molar-refractivity contribution is 0.382. The highest BCUT2D eigenvalue weighted by Crippen LogP contribution is 2.21. The van der Waals surface area contributed by atoms with E-state index in [2.05, 4.69) is 55.2 Å². The molecule has 2 rings (SSSR count). The van der Waals surface area contributed by atoms with E-state index in [0.717, 1.165) is 43.3 Å². The molecular formula is C16H26N4O. The van der Waals surface area contributed by atoms with Crippen LogP contribution in [-0.4, -0.2) is 21.3 Å². The van der Waals surface area contributed by atoms with Crippen molar-refractivity contribution in [1.82, 2.24) is 20.1 Å². The number of likely N-dealkylation sites (N-methyl/N-ethyl adjacent to an activating group) is 1. The zero-order chi connectivity index (χ0) is 15.2. The smallest absolute Gasteiger partial charge is 0.138 e. The zero-order valence-electron chi connectivity index (χ0n) is 13.5. The van der Waals surface area contributed by atoms with Crippen molar-refractivity contribution in [2.75, 3.05) is 6.54 Å². The van der Waals surface area contributed by atoms with Gasteiger partial charge in [-0.15, -0.1) is 0 Å². The Bertz CT molecular complexity index is 544. The molecule has 0 amide bonds. The van der Waals surface area contributed by atoms with Crippen molar-refractivity contribution in [1.29, 1.82) is 0 Å². The highest BCUT2D eigenvalue weighted by atomic mass is 16.3. The largest absolute Gasteiger partial charge is 0.464 e. The molecule has 0 fully saturated rings. The first-order valence-electron chi connectivity index (χ1n) is 7.82. The Morgan fingerprint density at radius 2 is 2.10 bits per heavy atom. The lowest BCUT2D eigenvalue weighted by atomic mass is 10.1. The number of nitrogens with zero attached hydrogens (tertiary/aromatic N) is 3. The lowest BCUT2D eigenvalue weighted by Gasteiger charge is -2.16. The lowest BCUT2D eigenvalue weighted by Crippen LogP contribution is -2.24. The molecule has 0 saturated carbocycles. The first-order chi connectivity index (χ1) is 10.1. The molecular weight excluding hydrogens is 264 g/mol. The maximum absolute atomic E-state index is 5.90. The third-order valence-electron chi connectivity index (χ3n) is 3.45. The van der Waals surface area contributed by atoms with Crippen LogP contribution in [0.15, 0.2) is 22.9 Å². The monoisotopic (exact) mass is 290 g/mol. The molecule has 0 saturated heterocycles. The van der Waals surface area contributed by atoms with Gasteiger partial charge in [-0.25, -0.2) is 9.67 Å². The van der Waals surface area contributed by atoms with Gasteiger partial charge in [0.15, 0.2) is 0 Å². The van der Waals surface area contributed by atoms with Gasteiger partial charge in [0.05, 0.1) is 6.04 Å². The van der Waals surface area contributed by atoms with Gasteiger partial charge in [0.25, 0.3) is 0 Å². The van der Waals surface area contributed by atoms with Gasteiger partial charge in [0.1, 0.15) is 23.7 Å². The number of hydrogen-bond acceptors (Lipinski definition) is 4. The first kappa shape index (κ1) is 15.8. The van der Waals surface area contributed by atoms with E-state index in [4.69, 9.17) is 4.42 Å². The standard InChI is InChI=1S/C16H26N4O/c1-5-13-7-8-15(21-13)14(17-6-2)9-16-18-11-19-20(16)10-12(3)4/h7-8,11-12,14,17H,5-6,9-10H2,1-4H3. The number of rotatable bonds is 8.